The van der Waals surface area contributed by atoms with Crippen LogP contribution in [-0.4, -0.2) is 51.4 Å². The third-order valence-electron chi connectivity index (χ3n) is 6.89. The molecule has 186 valence electrons. The average molecular weight is 485 g/mol. The van der Waals surface area contributed by atoms with E-state index < -0.39 is 11.7 Å². The fourth-order valence-electron chi connectivity index (χ4n) is 5.05. The first-order valence-electron chi connectivity index (χ1n) is 12.5. The first-order chi connectivity index (χ1) is 17.5. The Labute approximate surface area is 210 Å². The number of hydrogen-bond donors (Lipinski definition) is 4. The topological polar surface area (TPSA) is 99.4 Å². The molecule has 1 amide bonds. The number of aromatic nitrogens is 2. The van der Waals surface area contributed by atoms with Crippen LogP contribution in [-0.2, 0) is 5.60 Å². The molecule has 1 fully saturated rings. The number of fused-ring (bicyclic) bond motifs is 1. The summed E-state index contributed by atoms with van der Waals surface area (Å²) in [5, 5.41) is 28.3. The molecule has 0 bridgehead atoms. The molecule has 1 aliphatic rings. The Hall–Kier alpha value is -3.52. The van der Waals surface area contributed by atoms with Gasteiger partial charge in [-0.25, -0.2) is 4.98 Å². The van der Waals surface area contributed by atoms with Gasteiger partial charge in [-0.1, -0.05) is 60.7 Å². The molecule has 4 N–H and O–H groups in total. The number of rotatable bonds is 7. The van der Waals surface area contributed by atoms with Crippen LogP contribution in [0.15, 0.2) is 78.9 Å². The molecule has 7 heteroatoms. The lowest BCUT2D eigenvalue weighted by atomic mass is 9.85. The van der Waals surface area contributed by atoms with E-state index in [2.05, 4.69) is 15.2 Å². The van der Waals surface area contributed by atoms with Gasteiger partial charge in [0.25, 0.3) is 5.91 Å². The highest BCUT2D eigenvalue weighted by Gasteiger charge is 2.40. The van der Waals surface area contributed by atoms with Gasteiger partial charge in [-0.15, -0.1) is 0 Å². The number of carbonyl (C=O) groups is 1. The molecule has 4 aromatic rings. The van der Waals surface area contributed by atoms with Crippen molar-refractivity contribution < 1.29 is 15.0 Å². The number of carbonyl (C=O) groups excluding carboxylic acids is 1. The van der Waals surface area contributed by atoms with E-state index in [9.17, 15) is 15.0 Å². The highest BCUT2D eigenvalue weighted by Crippen LogP contribution is 2.40. The van der Waals surface area contributed by atoms with Crippen LogP contribution in [0.2, 0.25) is 0 Å². The minimum atomic E-state index is -1.48. The summed E-state index contributed by atoms with van der Waals surface area (Å²) in [6.45, 7) is 3.55. The number of aliphatic hydroxyl groups excluding tert-OH is 1. The predicted molar refractivity (Wildman–Crippen MR) is 140 cm³/mol. The molecule has 3 aromatic carbocycles. The standard InChI is InChI=1S/C29H32N4O3/c1-20(34)19-31-27(35)21-12-13-25-26(18-21)33(24-14-16-30-17-15-24)28(32-25)29(36,22-8-4-2-5-9-22)23-10-6-3-7-11-23/h2-13,18,20,24,30,34,36H,14-17,19H2,1H3,(H,31,35)/t20-/m1/s1. The minimum absolute atomic E-state index is 0.112. The summed E-state index contributed by atoms with van der Waals surface area (Å²) in [6.07, 6.45) is 1.14. The number of aliphatic hydroxyl groups is 2. The second-order valence-electron chi connectivity index (χ2n) is 9.49. The Kier molecular flexibility index (Phi) is 6.87. The molecule has 0 unspecified atom stereocenters. The molecule has 7 nitrogen and oxygen atoms in total. The molecule has 1 aromatic heterocycles. The Balaban J connectivity index is 1.73. The minimum Gasteiger partial charge on any atom is -0.392 e. The van der Waals surface area contributed by atoms with E-state index in [1.807, 2.05) is 72.8 Å². The molecule has 5 rings (SSSR count). The number of benzene rings is 3. The van der Waals surface area contributed by atoms with Crippen LogP contribution >= 0.6 is 0 Å². The molecule has 0 spiro atoms. The van der Waals surface area contributed by atoms with Crippen molar-refractivity contribution in [2.75, 3.05) is 19.6 Å². The van der Waals surface area contributed by atoms with Crippen molar-refractivity contribution in [2.45, 2.75) is 37.5 Å². The zero-order valence-electron chi connectivity index (χ0n) is 20.4. The fraction of sp³-hybridized carbons (Fsp3) is 0.310. The molecule has 0 radical (unpaired) electrons. The molecular formula is C29H32N4O3. The maximum Gasteiger partial charge on any atom is 0.251 e. The van der Waals surface area contributed by atoms with Crippen LogP contribution in [0.3, 0.4) is 0 Å². The van der Waals surface area contributed by atoms with Gasteiger partial charge in [-0.05, 0) is 62.2 Å². The Bertz CT molecular complexity index is 1290. The van der Waals surface area contributed by atoms with Gasteiger partial charge in [0, 0.05) is 18.2 Å². The summed E-state index contributed by atoms with van der Waals surface area (Å²) >= 11 is 0. The van der Waals surface area contributed by atoms with Crippen molar-refractivity contribution in [1.82, 2.24) is 20.2 Å². The Morgan fingerprint density at radius 2 is 1.67 bits per heavy atom. The zero-order valence-corrected chi connectivity index (χ0v) is 20.4. The summed E-state index contributed by atoms with van der Waals surface area (Å²) in [7, 11) is 0. The van der Waals surface area contributed by atoms with Crippen LogP contribution in [0.5, 0.6) is 0 Å². The Morgan fingerprint density at radius 3 is 2.25 bits per heavy atom. The quantitative estimate of drug-likeness (QED) is 0.322. The first-order valence-corrected chi connectivity index (χ1v) is 12.5. The maximum absolute atomic E-state index is 12.8. The smallest absolute Gasteiger partial charge is 0.251 e. The lowest BCUT2D eigenvalue weighted by Crippen LogP contribution is -2.36. The van der Waals surface area contributed by atoms with Gasteiger partial charge in [0.05, 0.1) is 17.1 Å². The molecular weight excluding hydrogens is 452 g/mol. The van der Waals surface area contributed by atoms with Crippen molar-refractivity contribution in [1.29, 1.82) is 0 Å². The van der Waals surface area contributed by atoms with E-state index in [1.165, 1.54) is 0 Å². The maximum atomic E-state index is 12.8. The SMILES string of the molecule is C[C@@H](O)CNC(=O)c1ccc2nc(C(O)(c3ccccc3)c3ccccc3)n(C3CCNCC3)c2c1. The number of nitrogens with one attached hydrogen (secondary N) is 2. The fourth-order valence-corrected chi connectivity index (χ4v) is 5.05. The van der Waals surface area contributed by atoms with Gasteiger partial charge in [0.1, 0.15) is 0 Å². The first kappa shape index (κ1) is 24.2. The van der Waals surface area contributed by atoms with Crippen molar-refractivity contribution >= 4 is 16.9 Å². The van der Waals surface area contributed by atoms with Crippen LogP contribution in [0, 0.1) is 0 Å². The molecule has 1 aliphatic heterocycles. The van der Waals surface area contributed by atoms with Crippen molar-refractivity contribution in [2.24, 2.45) is 0 Å². The van der Waals surface area contributed by atoms with Gasteiger partial charge in [-0.3, -0.25) is 4.79 Å². The summed E-state index contributed by atoms with van der Waals surface area (Å²) in [4.78, 5) is 17.8. The van der Waals surface area contributed by atoms with Crippen LogP contribution < -0.4 is 10.6 Å². The molecule has 2 heterocycles. The summed E-state index contributed by atoms with van der Waals surface area (Å²) in [6, 6.07) is 24.8. The largest absolute Gasteiger partial charge is 0.392 e. The summed E-state index contributed by atoms with van der Waals surface area (Å²) < 4.78 is 2.14. The van der Waals surface area contributed by atoms with E-state index in [-0.39, 0.29) is 18.5 Å². The predicted octanol–water partition coefficient (Wildman–Crippen LogP) is 3.36. The van der Waals surface area contributed by atoms with Crippen molar-refractivity contribution in [3.05, 3.63) is 101 Å². The zero-order chi connectivity index (χ0) is 25.1. The lowest BCUT2D eigenvalue weighted by Gasteiger charge is -2.33. The number of amides is 1. The number of piperidine rings is 1. The highest BCUT2D eigenvalue weighted by atomic mass is 16.3. The van der Waals surface area contributed by atoms with Gasteiger partial charge >= 0.3 is 0 Å². The molecule has 0 saturated carbocycles. The Morgan fingerprint density at radius 1 is 1.06 bits per heavy atom. The number of nitrogens with zero attached hydrogens (tertiary/aromatic N) is 2. The van der Waals surface area contributed by atoms with Gasteiger partial charge in [0.2, 0.25) is 0 Å². The second kappa shape index (κ2) is 10.2. The van der Waals surface area contributed by atoms with Crippen LogP contribution in [0.1, 0.15) is 53.1 Å². The third kappa shape index (κ3) is 4.53. The monoisotopic (exact) mass is 484 g/mol. The second-order valence-corrected chi connectivity index (χ2v) is 9.49. The summed E-state index contributed by atoms with van der Waals surface area (Å²) in [5.41, 5.74) is 2.01. The summed E-state index contributed by atoms with van der Waals surface area (Å²) in [5.74, 6) is 0.294. The van der Waals surface area contributed by atoms with E-state index in [4.69, 9.17) is 4.98 Å². The number of imidazole rings is 1. The van der Waals surface area contributed by atoms with E-state index in [0.29, 0.717) is 11.4 Å². The van der Waals surface area contributed by atoms with Crippen molar-refractivity contribution in [3.63, 3.8) is 0 Å². The third-order valence-corrected chi connectivity index (χ3v) is 6.89. The van der Waals surface area contributed by atoms with Crippen LogP contribution in [0.4, 0.5) is 0 Å². The highest BCUT2D eigenvalue weighted by molar-refractivity contribution is 5.97. The van der Waals surface area contributed by atoms with Crippen molar-refractivity contribution in [3.8, 4) is 0 Å². The van der Waals surface area contributed by atoms with E-state index in [1.54, 1.807) is 13.0 Å². The number of hydrogen-bond acceptors (Lipinski definition) is 5. The normalized spacial score (nSPS) is 15.6. The van der Waals surface area contributed by atoms with Gasteiger partial charge in [-0.2, -0.15) is 0 Å². The molecule has 0 aliphatic carbocycles. The average Bonchev–Trinajstić information content (AvgIpc) is 3.32. The molecule has 36 heavy (non-hydrogen) atoms. The van der Waals surface area contributed by atoms with E-state index in [0.717, 1.165) is 48.1 Å². The molecule has 1 atom stereocenters. The van der Waals surface area contributed by atoms with Gasteiger partial charge in [0.15, 0.2) is 11.4 Å². The molecule has 1 saturated heterocycles. The lowest BCUT2D eigenvalue weighted by molar-refractivity contribution is 0.0924. The van der Waals surface area contributed by atoms with E-state index >= 15 is 0 Å². The van der Waals surface area contributed by atoms with Crippen LogP contribution in [0.25, 0.3) is 11.0 Å². The van der Waals surface area contributed by atoms with Gasteiger partial charge < -0.3 is 25.4 Å².